The monoisotopic (exact) mass is 508 g/mol. The molecule has 2 aliphatic heterocycles. The number of imide groups is 1. The molecule has 0 atom stereocenters. The standard InChI is InChI=1S/C26H32N6O3.2CH4/c1-17-12-20(27)3-2-18(17)15-25(34)31-10-8-30(9-11-31)22-13-19(14-22)23-5-4-21(16-28-23)32-7-6-24(33)29-26(32)35;;/h2-5,12,16,19,22H,6-11,13-15,27H2,1H3,(H,29,33,35);2*1H4. The van der Waals surface area contributed by atoms with Crippen LogP contribution in [-0.2, 0) is 16.0 Å². The van der Waals surface area contributed by atoms with Gasteiger partial charge in [-0.1, -0.05) is 20.9 Å². The minimum absolute atomic E-state index is 0. The summed E-state index contributed by atoms with van der Waals surface area (Å²) in [6, 6.07) is 9.78. The first-order valence-electron chi connectivity index (χ1n) is 12.3. The number of aromatic nitrogens is 1. The summed E-state index contributed by atoms with van der Waals surface area (Å²) in [6.07, 6.45) is 4.57. The van der Waals surface area contributed by atoms with Crippen LogP contribution in [0.2, 0.25) is 0 Å². The number of aryl methyl sites for hydroxylation is 1. The summed E-state index contributed by atoms with van der Waals surface area (Å²) in [6.45, 7) is 5.71. The number of hydrogen-bond acceptors (Lipinski definition) is 6. The number of urea groups is 1. The van der Waals surface area contributed by atoms with E-state index in [-0.39, 0.29) is 32.7 Å². The lowest BCUT2D eigenvalue weighted by molar-refractivity contribution is -0.133. The Balaban J connectivity index is 0.00000190. The second kappa shape index (κ2) is 11.7. The van der Waals surface area contributed by atoms with Crippen LogP contribution in [0.5, 0.6) is 0 Å². The van der Waals surface area contributed by atoms with E-state index in [1.165, 1.54) is 0 Å². The maximum absolute atomic E-state index is 12.8. The lowest BCUT2D eigenvalue weighted by atomic mass is 9.77. The lowest BCUT2D eigenvalue weighted by Crippen LogP contribution is -2.55. The summed E-state index contributed by atoms with van der Waals surface area (Å²) in [7, 11) is 0. The summed E-state index contributed by atoms with van der Waals surface area (Å²) in [5.41, 5.74) is 10.4. The van der Waals surface area contributed by atoms with E-state index in [1.807, 2.05) is 42.2 Å². The maximum atomic E-state index is 12.8. The second-order valence-corrected chi connectivity index (χ2v) is 9.80. The Hall–Kier alpha value is -3.46. The fraction of sp³-hybridized carbons (Fsp3) is 0.500. The fourth-order valence-corrected chi connectivity index (χ4v) is 5.27. The van der Waals surface area contributed by atoms with Gasteiger partial charge in [0.15, 0.2) is 0 Å². The highest BCUT2D eigenvalue weighted by Gasteiger charge is 2.37. The van der Waals surface area contributed by atoms with E-state index in [2.05, 4.69) is 15.2 Å². The molecule has 37 heavy (non-hydrogen) atoms. The molecule has 1 aromatic carbocycles. The number of nitrogen functional groups attached to an aromatic ring is 1. The second-order valence-electron chi connectivity index (χ2n) is 9.80. The zero-order valence-electron chi connectivity index (χ0n) is 20.1. The van der Waals surface area contributed by atoms with Gasteiger partial charge in [-0.3, -0.25) is 29.7 Å². The van der Waals surface area contributed by atoms with E-state index in [0.717, 1.165) is 61.5 Å². The molecule has 1 aromatic heterocycles. The van der Waals surface area contributed by atoms with Gasteiger partial charge >= 0.3 is 6.03 Å². The summed E-state index contributed by atoms with van der Waals surface area (Å²) in [4.78, 5) is 46.8. The Morgan fingerprint density at radius 1 is 1.05 bits per heavy atom. The van der Waals surface area contributed by atoms with Gasteiger partial charge in [-0.2, -0.15) is 0 Å². The van der Waals surface area contributed by atoms with E-state index in [1.54, 1.807) is 11.1 Å². The van der Waals surface area contributed by atoms with Crippen molar-refractivity contribution >= 4 is 29.2 Å². The summed E-state index contributed by atoms with van der Waals surface area (Å²) < 4.78 is 0. The maximum Gasteiger partial charge on any atom is 0.328 e. The first-order valence-corrected chi connectivity index (χ1v) is 12.3. The summed E-state index contributed by atoms with van der Waals surface area (Å²) in [5.74, 6) is 0.359. The number of amides is 4. The minimum atomic E-state index is -0.388. The Kier molecular flexibility index (Phi) is 8.91. The van der Waals surface area contributed by atoms with Crippen LogP contribution in [0.3, 0.4) is 0 Å². The third-order valence-electron chi connectivity index (χ3n) is 7.56. The van der Waals surface area contributed by atoms with Crippen molar-refractivity contribution < 1.29 is 14.4 Å². The quantitative estimate of drug-likeness (QED) is 0.600. The van der Waals surface area contributed by atoms with Crippen LogP contribution in [0.25, 0.3) is 0 Å². The molecule has 2 saturated heterocycles. The molecule has 9 heteroatoms. The molecular weight excluding hydrogens is 468 g/mol. The third kappa shape index (κ3) is 6.10. The highest BCUT2D eigenvalue weighted by molar-refractivity contribution is 6.05. The molecule has 9 nitrogen and oxygen atoms in total. The smallest absolute Gasteiger partial charge is 0.328 e. The number of carbonyl (C=O) groups is 3. The van der Waals surface area contributed by atoms with Crippen molar-refractivity contribution in [3.8, 4) is 0 Å². The van der Waals surface area contributed by atoms with Crippen LogP contribution >= 0.6 is 0 Å². The van der Waals surface area contributed by atoms with E-state index in [0.29, 0.717) is 37.0 Å². The highest BCUT2D eigenvalue weighted by atomic mass is 16.2. The van der Waals surface area contributed by atoms with Gasteiger partial charge in [-0.25, -0.2) is 4.79 Å². The van der Waals surface area contributed by atoms with Crippen molar-refractivity contribution in [3.63, 3.8) is 0 Å². The largest absolute Gasteiger partial charge is 0.399 e. The van der Waals surface area contributed by atoms with Crippen molar-refractivity contribution in [2.75, 3.05) is 43.4 Å². The first-order chi connectivity index (χ1) is 16.9. The van der Waals surface area contributed by atoms with Crippen LogP contribution in [0.15, 0.2) is 36.5 Å². The van der Waals surface area contributed by atoms with Crippen molar-refractivity contribution in [1.29, 1.82) is 0 Å². The summed E-state index contributed by atoms with van der Waals surface area (Å²) in [5, 5.41) is 2.34. The number of piperazine rings is 1. The Labute approximate surface area is 220 Å². The van der Waals surface area contributed by atoms with Crippen molar-refractivity contribution in [2.24, 2.45) is 0 Å². The molecule has 3 fully saturated rings. The molecule has 3 heterocycles. The molecule has 3 aliphatic rings. The first kappa shape index (κ1) is 28.1. The predicted octanol–water partition coefficient (Wildman–Crippen LogP) is 3.32. The van der Waals surface area contributed by atoms with Gasteiger partial charge in [0.05, 0.1) is 18.3 Å². The number of nitrogens with zero attached hydrogens (tertiary/aromatic N) is 4. The number of anilines is 2. The molecule has 2 aromatic rings. The molecule has 0 spiro atoms. The van der Waals surface area contributed by atoms with Gasteiger partial charge in [0, 0.05) is 62.5 Å². The molecule has 1 saturated carbocycles. The molecule has 4 amide bonds. The fourth-order valence-electron chi connectivity index (χ4n) is 5.27. The molecule has 5 rings (SSSR count). The van der Waals surface area contributed by atoms with E-state index < -0.39 is 0 Å². The summed E-state index contributed by atoms with van der Waals surface area (Å²) >= 11 is 0. The van der Waals surface area contributed by atoms with Gasteiger partial charge in [0.2, 0.25) is 11.8 Å². The van der Waals surface area contributed by atoms with E-state index >= 15 is 0 Å². The van der Waals surface area contributed by atoms with Gasteiger partial charge in [-0.05, 0) is 55.2 Å². The Morgan fingerprint density at radius 2 is 1.78 bits per heavy atom. The minimum Gasteiger partial charge on any atom is -0.399 e. The molecular formula is C28H40N6O3. The average Bonchev–Trinajstić information content (AvgIpc) is 2.81. The lowest BCUT2D eigenvalue weighted by Gasteiger charge is -2.46. The van der Waals surface area contributed by atoms with Gasteiger partial charge in [0.1, 0.15) is 0 Å². The molecule has 200 valence electrons. The number of rotatable bonds is 5. The Bertz CT molecular complexity index is 1120. The average molecular weight is 509 g/mol. The molecule has 1 aliphatic carbocycles. The molecule has 0 bridgehead atoms. The van der Waals surface area contributed by atoms with Crippen LogP contribution in [0.1, 0.15) is 56.9 Å². The topological polar surface area (TPSA) is 112 Å². The van der Waals surface area contributed by atoms with Crippen LogP contribution in [0.4, 0.5) is 16.2 Å². The number of carbonyl (C=O) groups excluding carboxylic acids is 3. The molecule has 0 radical (unpaired) electrons. The van der Waals surface area contributed by atoms with Gasteiger partial charge in [-0.15, -0.1) is 0 Å². The predicted molar refractivity (Wildman–Crippen MR) is 146 cm³/mol. The van der Waals surface area contributed by atoms with Crippen molar-refractivity contribution in [2.45, 2.75) is 59.4 Å². The number of benzene rings is 1. The van der Waals surface area contributed by atoms with Gasteiger partial charge in [0.25, 0.3) is 0 Å². The molecule has 0 unspecified atom stereocenters. The van der Waals surface area contributed by atoms with Crippen LogP contribution in [0, 0.1) is 6.92 Å². The van der Waals surface area contributed by atoms with E-state index in [4.69, 9.17) is 5.73 Å². The van der Waals surface area contributed by atoms with Crippen molar-refractivity contribution in [3.05, 3.63) is 53.3 Å². The zero-order valence-corrected chi connectivity index (χ0v) is 20.1. The van der Waals surface area contributed by atoms with E-state index in [9.17, 15) is 14.4 Å². The highest BCUT2D eigenvalue weighted by Crippen LogP contribution is 2.39. The van der Waals surface area contributed by atoms with Crippen LogP contribution < -0.4 is 16.0 Å². The number of nitrogens with one attached hydrogen (secondary N) is 1. The Morgan fingerprint density at radius 3 is 2.41 bits per heavy atom. The zero-order chi connectivity index (χ0) is 24.5. The number of hydrogen-bond donors (Lipinski definition) is 2. The van der Waals surface area contributed by atoms with Crippen molar-refractivity contribution in [1.82, 2.24) is 20.1 Å². The number of nitrogens with two attached hydrogens (primary N) is 1. The SMILES string of the molecule is C.C.Cc1cc(N)ccc1CC(=O)N1CCN(C2CC(c3ccc(N4CCC(=O)NC4=O)cn3)C2)CC1. The molecule has 3 N–H and O–H groups in total. The van der Waals surface area contributed by atoms with Gasteiger partial charge < -0.3 is 10.6 Å². The number of pyridine rings is 1. The van der Waals surface area contributed by atoms with Crippen LogP contribution in [-0.4, -0.2) is 71.4 Å². The third-order valence-corrected chi connectivity index (χ3v) is 7.56. The normalized spacial score (nSPS) is 21.9.